The van der Waals surface area contributed by atoms with Crippen molar-refractivity contribution in [3.05, 3.63) is 114 Å². The number of rotatable bonds is 7. The number of nitrogens with zero attached hydrogens (tertiary/aromatic N) is 1. The summed E-state index contributed by atoms with van der Waals surface area (Å²) in [4.78, 5) is 38.9. The van der Waals surface area contributed by atoms with E-state index in [2.05, 4.69) is 5.32 Å². The van der Waals surface area contributed by atoms with E-state index in [1.807, 2.05) is 42.5 Å². The Bertz CT molecular complexity index is 1570. The van der Waals surface area contributed by atoms with Gasteiger partial charge in [-0.3, -0.25) is 9.59 Å². The molecule has 0 radical (unpaired) electrons. The van der Waals surface area contributed by atoms with Gasteiger partial charge in [0.1, 0.15) is 11.9 Å². The van der Waals surface area contributed by atoms with Gasteiger partial charge >= 0.3 is 5.97 Å². The Labute approximate surface area is 225 Å². The van der Waals surface area contributed by atoms with Crippen molar-refractivity contribution in [1.29, 1.82) is 0 Å². The zero-order valence-corrected chi connectivity index (χ0v) is 21.5. The molecule has 1 aliphatic rings. The van der Waals surface area contributed by atoms with E-state index in [9.17, 15) is 19.5 Å². The van der Waals surface area contributed by atoms with E-state index in [-0.39, 0.29) is 24.1 Å². The van der Waals surface area contributed by atoms with Gasteiger partial charge < -0.3 is 15.3 Å². The van der Waals surface area contributed by atoms with Gasteiger partial charge in [0.15, 0.2) is 0 Å². The standard InChI is InChI=1S/C32H27FN2O4/c1-19(2)29(32(38)39)35-18-25-13-12-23(16-26(25)31(35)37)24-14-15-28(27(33)17-24)34-30(36)22-10-8-21(9-11-22)20-6-4-3-5-7-20/h3-17,19,29H,18H2,1-2H3,(H,34,36)(H,38,39)/t29-/m0/s1. The van der Waals surface area contributed by atoms with E-state index < -0.39 is 23.7 Å². The first-order chi connectivity index (χ1) is 18.7. The molecular formula is C32H27FN2O4. The van der Waals surface area contributed by atoms with Crippen LogP contribution < -0.4 is 5.32 Å². The zero-order chi connectivity index (χ0) is 27.7. The van der Waals surface area contributed by atoms with Gasteiger partial charge in [-0.25, -0.2) is 9.18 Å². The molecule has 6 nitrogen and oxygen atoms in total. The molecule has 2 amide bonds. The molecule has 1 aliphatic heterocycles. The van der Waals surface area contributed by atoms with Gasteiger partial charge in [-0.15, -0.1) is 0 Å². The van der Waals surface area contributed by atoms with Gasteiger partial charge in [-0.2, -0.15) is 0 Å². The monoisotopic (exact) mass is 522 g/mol. The predicted octanol–water partition coefficient (Wildman–Crippen LogP) is 6.48. The fourth-order valence-corrected chi connectivity index (χ4v) is 4.94. The molecule has 0 saturated carbocycles. The SMILES string of the molecule is CC(C)[C@@H](C(=O)O)N1Cc2ccc(-c3ccc(NC(=O)c4ccc(-c5ccccc5)cc4)c(F)c3)cc2C1=O. The first-order valence-electron chi connectivity index (χ1n) is 12.7. The summed E-state index contributed by atoms with van der Waals surface area (Å²) in [5, 5.41) is 12.2. The van der Waals surface area contributed by atoms with Crippen LogP contribution in [-0.4, -0.2) is 33.8 Å². The van der Waals surface area contributed by atoms with E-state index >= 15 is 4.39 Å². The minimum atomic E-state index is -1.04. The van der Waals surface area contributed by atoms with Gasteiger partial charge in [0.05, 0.1) is 5.69 Å². The second-order valence-corrected chi connectivity index (χ2v) is 9.92. The molecule has 1 heterocycles. The molecule has 1 atom stereocenters. The number of anilines is 1. The van der Waals surface area contributed by atoms with E-state index in [1.165, 1.54) is 17.0 Å². The average molecular weight is 523 g/mol. The van der Waals surface area contributed by atoms with Crippen LogP contribution in [0.5, 0.6) is 0 Å². The van der Waals surface area contributed by atoms with Gasteiger partial charge in [0.25, 0.3) is 11.8 Å². The molecule has 2 N–H and O–H groups in total. The third-order valence-corrected chi connectivity index (χ3v) is 6.97. The molecule has 0 bridgehead atoms. The summed E-state index contributed by atoms with van der Waals surface area (Å²) in [6.07, 6.45) is 0. The van der Waals surface area contributed by atoms with Crippen LogP contribution in [0.15, 0.2) is 91.0 Å². The maximum absolute atomic E-state index is 15.0. The van der Waals surface area contributed by atoms with Crippen LogP contribution in [0.2, 0.25) is 0 Å². The third-order valence-electron chi connectivity index (χ3n) is 6.97. The highest BCUT2D eigenvalue weighted by Crippen LogP contribution is 2.32. The third kappa shape index (κ3) is 5.16. The van der Waals surface area contributed by atoms with E-state index in [4.69, 9.17) is 0 Å². The van der Waals surface area contributed by atoms with Crippen molar-refractivity contribution in [3.63, 3.8) is 0 Å². The smallest absolute Gasteiger partial charge is 0.326 e. The van der Waals surface area contributed by atoms with Crippen LogP contribution in [0.4, 0.5) is 10.1 Å². The number of benzene rings is 4. The van der Waals surface area contributed by atoms with Crippen molar-refractivity contribution < 1.29 is 23.9 Å². The lowest BCUT2D eigenvalue weighted by atomic mass is 10.00. The number of fused-ring (bicyclic) bond motifs is 1. The molecular weight excluding hydrogens is 495 g/mol. The quantitative estimate of drug-likeness (QED) is 0.291. The van der Waals surface area contributed by atoms with Crippen molar-refractivity contribution in [2.24, 2.45) is 5.92 Å². The first kappa shape index (κ1) is 25.9. The lowest BCUT2D eigenvalue weighted by molar-refractivity contribution is -0.144. The number of hydrogen-bond acceptors (Lipinski definition) is 3. The second-order valence-electron chi connectivity index (χ2n) is 9.92. The van der Waals surface area contributed by atoms with Crippen molar-refractivity contribution >= 4 is 23.5 Å². The molecule has 39 heavy (non-hydrogen) atoms. The maximum atomic E-state index is 15.0. The largest absolute Gasteiger partial charge is 0.480 e. The summed E-state index contributed by atoms with van der Waals surface area (Å²) in [5.74, 6) is -2.68. The molecule has 0 fully saturated rings. The Morgan fingerprint density at radius 2 is 1.46 bits per heavy atom. The Morgan fingerprint density at radius 1 is 0.846 bits per heavy atom. The summed E-state index contributed by atoms with van der Waals surface area (Å²) in [6.45, 7) is 3.75. The molecule has 0 saturated heterocycles. The van der Waals surface area contributed by atoms with Crippen LogP contribution >= 0.6 is 0 Å². The lowest BCUT2D eigenvalue weighted by Crippen LogP contribution is -2.44. The van der Waals surface area contributed by atoms with Crippen LogP contribution in [-0.2, 0) is 11.3 Å². The summed E-state index contributed by atoms with van der Waals surface area (Å²) in [6, 6.07) is 25.6. The summed E-state index contributed by atoms with van der Waals surface area (Å²) < 4.78 is 15.0. The van der Waals surface area contributed by atoms with Gasteiger partial charge in [0.2, 0.25) is 0 Å². The minimum absolute atomic E-state index is 0.0422. The van der Waals surface area contributed by atoms with Crippen molar-refractivity contribution in [2.45, 2.75) is 26.4 Å². The lowest BCUT2D eigenvalue weighted by Gasteiger charge is -2.27. The molecule has 4 aromatic rings. The molecule has 0 aromatic heterocycles. The van der Waals surface area contributed by atoms with Gasteiger partial charge in [-0.05, 0) is 64.1 Å². The van der Waals surface area contributed by atoms with E-state index in [0.717, 1.165) is 16.7 Å². The van der Waals surface area contributed by atoms with Gasteiger partial charge in [-0.1, -0.05) is 74.5 Å². The van der Waals surface area contributed by atoms with Crippen molar-refractivity contribution in [1.82, 2.24) is 4.90 Å². The fourth-order valence-electron chi connectivity index (χ4n) is 4.94. The molecule has 0 spiro atoms. The normalized spacial score (nSPS) is 13.3. The number of nitrogens with one attached hydrogen (secondary N) is 1. The highest BCUT2D eigenvalue weighted by atomic mass is 19.1. The molecule has 0 unspecified atom stereocenters. The van der Waals surface area contributed by atoms with E-state index in [1.54, 1.807) is 50.2 Å². The minimum Gasteiger partial charge on any atom is -0.480 e. The number of aliphatic carboxylic acids is 1. The molecule has 5 rings (SSSR count). The summed E-state index contributed by atoms with van der Waals surface area (Å²) >= 11 is 0. The molecule has 196 valence electrons. The zero-order valence-electron chi connectivity index (χ0n) is 21.5. The summed E-state index contributed by atoms with van der Waals surface area (Å²) in [7, 11) is 0. The number of carbonyl (C=O) groups is 3. The predicted molar refractivity (Wildman–Crippen MR) is 148 cm³/mol. The topological polar surface area (TPSA) is 86.7 Å². The number of hydrogen-bond donors (Lipinski definition) is 2. The maximum Gasteiger partial charge on any atom is 0.326 e. The van der Waals surface area contributed by atoms with Crippen LogP contribution in [0.25, 0.3) is 22.3 Å². The number of carboxylic acid groups (broad SMARTS) is 1. The molecule has 4 aromatic carbocycles. The highest BCUT2D eigenvalue weighted by Gasteiger charge is 2.38. The van der Waals surface area contributed by atoms with Crippen molar-refractivity contribution in [3.8, 4) is 22.3 Å². The Hall–Kier alpha value is -4.78. The molecule has 7 heteroatoms. The number of carboxylic acids is 1. The number of carbonyl (C=O) groups excluding carboxylic acids is 2. The molecule has 0 aliphatic carbocycles. The van der Waals surface area contributed by atoms with E-state index in [0.29, 0.717) is 22.3 Å². The Kier molecular flexibility index (Phi) is 6.98. The highest BCUT2D eigenvalue weighted by molar-refractivity contribution is 6.05. The second kappa shape index (κ2) is 10.5. The van der Waals surface area contributed by atoms with Crippen LogP contribution in [0, 0.1) is 11.7 Å². The fraction of sp³-hybridized carbons (Fsp3) is 0.156. The Balaban J connectivity index is 1.32. The number of halogens is 1. The van der Waals surface area contributed by atoms with Crippen LogP contribution in [0.3, 0.4) is 0 Å². The van der Waals surface area contributed by atoms with Gasteiger partial charge in [0, 0.05) is 17.7 Å². The summed E-state index contributed by atoms with van der Waals surface area (Å²) in [5.41, 5.74) is 4.75. The number of amides is 2. The first-order valence-corrected chi connectivity index (χ1v) is 12.7. The average Bonchev–Trinajstić information content (AvgIpc) is 3.25. The van der Waals surface area contributed by atoms with Crippen LogP contribution in [0.1, 0.15) is 40.1 Å². The van der Waals surface area contributed by atoms with Crippen molar-refractivity contribution in [2.75, 3.05) is 5.32 Å². The Morgan fingerprint density at radius 3 is 2.10 bits per heavy atom.